The maximum absolute atomic E-state index is 12.2. The van der Waals surface area contributed by atoms with Crippen molar-refractivity contribution in [3.8, 4) is 11.5 Å². The summed E-state index contributed by atoms with van der Waals surface area (Å²) < 4.78 is 12.1. The number of ether oxygens (including phenoxy) is 2. The molecule has 36 heavy (non-hydrogen) atoms. The molecule has 2 amide bonds. The number of carbonyl (C=O) groups is 3. The van der Waals surface area contributed by atoms with Gasteiger partial charge in [0.05, 0.1) is 32.1 Å². The lowest BCUT2D eigenvalue weighted by Gasteiger charge is -2.07. The van der Waals surface area contributed by atoms with Crippen LogP contribution in [0.3, 0.4) is 0 Å². The van der Waals surface area contributed by atoms with Crippen molar-refractivity contribution in [3.63, 3.8) is 0 Å². The highest BCUT2D eigenvalue weighted by Crippen LogP contribution is 2.28. The van der Waals surface area contributed by atoms with Crippen molar-refractivity contribution in [2.24, 2.45) is 7.05 Å². The molecule has 0 aliphatic rings. The highest BCUT2D eigenvalue weighted by atomic mass is 32.2. The fraction of sp³-hybridized carbons (Fsp3) is 0.208. The molecule has 0 bridgehead atoms. The number of aromatic nitrogens is 3. The second kappa shape index (κ2) is 12.4. The summed E-state index contributed by atoms with van der Waals surface area (Å²) in [6.45, 7) is 0.154. The second-order valence-corrected chi connectivity index (χ2v) is 8.29. The third-order valence-electron chi connectivity index (χ3n) is 4.93. The number of carboxylic acids is 1. The van der Waals surface area contributed by atoms with Gasteiger partial charge in [-0.05, 0) is 48.0 Å². The van der Waals surface area contributed by atoms with Crippen molar-refractivity contribution in [2.45, 2.75) is 11.7 Å². The first kappa shape index (κ1) is 26.3. The van der Waals surface area contributed by atoms with Gasteiger partial charge in [0.2, 0.25) is 11.8 Å². The van der Waals surface area contributed by atoms with E-state index in [1.54, 1.807) is 50.1 Å². The fourth-order valence-electron chi connectivity index (χ4n) is 3.00. The van der Waals surface area contributed by atoms with E-state index in [0.29, 0.717) is 28.2 Å². The zero-order chi connectivity index (χ0) is 26.1. The zero-order valence-electron chi connectivity index (χ0n) is 19.8. The van der Waals surface area contributed by atoms with Crippen LogP contribution in [-0.2, 0) is 23.2 Å². The third kappa shape index (κ3) is 7.09. The largest absolute Gasteiger partial charge is 0.493 e. The summed E-state index contributed by atoms with van der Waals surface area (Å²) >= 11 is 1.19. The maximum atomic E-state index is 12.2. The first-order valence-corrected chi connectivity index (χ1v) is 11.6. The molecule has 0 saturated carbocycles. The van der Waals surface area contributed by atoms with E-state index in [4.69, 9.17) is 14.6 Å². The average molecular weight is 512 g/mol. The lowest BCUT2D eigenvalue weighted by Crippen LogP contribution is -2.22. The molecule has 2 aromatic carbocycles. The van der Waals surface area contributed by atoms with Crippen LogP contribution in [0, 0.1) is 0 Å². The number of hydrogen-bond acceptors (Lipinski definition) is 8. The quantitative estimate of drug-likeness (QED) is 0.261. The van der Waals surface area contributed by atoms with Crippen LogP contribution in [-0.4, -0.2) is 57.6 Å². The number of thioether (sulfide) groups is 1. The lowest BCUT2D eigenvalue weighted by molar-refractivity contribution is -0.116. The van der Waals surface area contributed by atoms with Crippen molar-refractivity contribution in [1.82, 2.24) is 20.1 Å². The summed E-state index contributed by atoms with van der Waals surface area (Å²) in [4.78, 5) is 35.4. The average Bonchev–Trinajstić information content (AvgIpc) is 3.24. The number of methoxy groups -OCH3 is 2. The number of amides is 2. The fourth-order valence-corrected chi connectivity index (χ4v) is 3.73. The molecule has 1 aromatic heterocycles. The van der Waals surface area contributed by atoms with Gasteiger partial charge in [0, 0.05) is 18.8 Å². The van der Waals surface area contributed by atoms with Crippen molar-refractivity contribution in [1.29, 1.82) is 0 Å². The van der Waals surface area contributed by atoms with Crippen molar-refractivity contribution >= 4 is 41.3 Å². The van der Waals surface area contributed by atoms with Crippen LogP contribution in [0.25, 0.3) is 6.08 Å². The summed E-state index contributed by atoms with van der Waals surface area (Å²) in [6, 6.07) is 11.2. The number of nitrogens with zero attached hydrogens (tertiary/aromatic N) is 3. The Morgan fingerprint density at radius 2 is 1.78 bits per heavy atom. The normalized spacial score (nSPS) is 10.8. The van der Waals surface area contributed by atoms with Crippen LogP contribution in [0.1, 0.15) is 21.7 Å². The highest BCUT2D eigenvalue weighted by Gasteiger charge is 2.13. The number of anilines is 1. The molecule has 0 fully saturated rings. The Hall–Kier alpha value is -4.32. The highest BCUT2D eigenvalue weighted by molar-refractivity contribution is 7.99. The number of rotatable bonds is 11. The van der Waals surface area contributed by atoms with Crippen molar-refractivity contribution in [2.75, 3.05) is 25.3 Å². The van der Waals surface area contributed by atoms with Gasteiger partial charge in [-0.25, -0.2) is 4.79 Å². The minimum atomic E-state index is -1.04. The van der Waals surface area contributed by atoms with Gasteiger partial charge in [0.1, 0.15) is 0 Å². The Kier molecular flexibility index (Phi) is 9.06. The van der Waals surface area contributed by atoms with Crippen LogP contribution in [0.5, 0.6) is 11.5 Å². The number of carbonyl (C=O) groups excluding carboxylic acids is 2. The predicted octanol–water partition coefficient (Wildman–Crippen LogP) is 2.59. The molecule has 0 unspecified atom stereocenters. The summed E-state index contributed by atoms with van der Waals surface area (Å²) in [6.07, 6.45) is 3.06. The molecule has 12 heteroatoms. The van der Waals surface area contributed by atoms with E-state index in [2.05, 4.69) is 20.8 Å². The molecule has 0 aliphatic carbocycles. The number of nitrogens with one attached hydrogen (secondary N) is 2. The molecule has 188 valence electrons. The molecule has 0 saturated heterocycles. The lowest BCUT2D eigenvalue weighted by atomic mass is 10.2. The van der Waals surface area contributed by atoms with Crippen molar-refractivity contribution in [3.05, 3.63) is 65.5 Å². The van der Waals surface area contributed by atoms with E-state index < -0.39 is 5.97 Å². The molecule has 0 aliphatic heterocycles. The van der Waals surface area contributed by atoms with E-state index in [1.165, 1.54) is 42.1 Å². The summed E-state index contributed by atoms with van der Waals surface area (Å²) in [7, 11) is 4.83. The minimum absolute atomic E-state index is 0.0765. The molecule has 0 radical (unpaired) electrons. The standard InChI is InChI=1S/C24H25N5O6S/c1-29-20(13-25-21(30)11-5-15-4-10-18(34-2)19(12-15)35-3)27-28-24(29)36-14-22(31)26-17-8-6-16(7-9-17)23(32)33/h4-12H,13-14H2,1-3H3,(H,25,30)(H,26,31)(H,32,33)/b11-5+. The van der Waals surface area contributed by atoms with Gasteiger partial charge in [-0.2, -0.15) is 0 Å². The van der Waals surface area contributed by atoms with E-state index >= 15 is 0 Å². The molecule has 0 atom stereocenters. The van der Waals surface area contributed by atoms with Gasteiger partial charge in [0.25, 0.3) is 0 Å². The van der Waals surface area contributed by atoms with Gasteiger partial charge in [-0.3, -0.25) is 9.59 Å². The van der Waals surface area contributed by atoms with E-state index in [1.807, 2.05) is 0 Å². The van der Waals surface area contributed by atoms with E-state index in [-0.39, 0.29) is 29.7 Å². The second-order valence-electron chi connectivity index (χ2n) is 7.34. The Morgan fingerprint density at radius 1 is 1.06 bits per heavy atom. The third-order valence-corrected chi connectivity index (χ3v) is 5.95. The Balaban J connectivity index is 1.48. The van der Waals surface area contributed by atoms with Crippen LogP contribution in [0.15, 0.2) is 53.7 Å². The van der Waals surface area contributed by atoms with Gasteiger partial charge in [-0.1, -0.05) is 17.8 Å². The molecular formula is C24H25N5O6S. The smallest absolute Gasteiger partial charge is 0.335 e. The molecule has 0 spiro atoms. The SMILES string of the molecule is COc1ccc(/C=C/C(=O)NCc2nnc(SCC(=O)Nc3ccc(C(=O)O)cc3)n2C)cc1OC. The van der Waals surface area contributed by atoms with Crippen LogP contribution < -0.4 is 20.1 Å². The summed E-state index contributed by atoms with van der Waals surface area (Å²) in [5, 5.41) is 23.0. The van der Waals surface area contributed by atoms with Gasteiger partial charge in [0.15, 0.2) is 22.5 Å². The monoisotopic (exact) mass is 511 g/mol. The zero-order valence-corrected chi connectivity index (χ0v) is 20.7. The summed E-state index contributed by atoms with van der Waals surface area (Å²) in [5.74, 6) is 0.140. The predicted molar refractivity (Wildman–Crippen MR) is 134 cm³/mol. The first-order chi connectivity index (χ1) is 17.3. The van der Waals surface area contributed by atoms with E-state index in [9.17, 15) is 14.4 Å². The number of aromatic carboxylic acids is 1. The van der Waals surface area contributed by atoms with Crippen molar-refractivity contribution < 1.29 is 29.0 Å². The Labute approximate surface area is 211 Å². The number of benzene rings is 2. The topological polar surface area (TPSA) is 145 Å². The van der Waals surface area contributed by atoms with Crippen LogP contribution in [0.2, 0.25) is 0 Å². The van der Waals surface area contributed by atoms with Gasteiger partial charge >= 0.3 is 5.97 Å². The molecule has 1 heterocycles. The molecule has 3 rings (SSSR count). The van der Waals surface area contributed by atoms with Gasteiger partial charge in [-0.15, -0.1) is 10.2 Å². The Morgan fingerprint density at radius 3 is 2.44 bits per heavy atom. The first-order valence-electron chi connectivity index (χ1n) is 10.6. The number of carboxylic acid groups (broad SMARTS) is 1. The molecule has 3 N–H and O–H groups in total. The Bertz CT molecular complexity index is 1270. The van der Waals surface area contributed by atoms with Crippen LogP contribution in [0.4, 0.5) is 5.69 Å². The minimum Gasteiger partial charge on any atom is -0.493 e. The number of hydrogen-bond donors (Lipinski definition) is 3. The van der Waals surface area contributed by atoms with Crippen LogP contribution >= 0.6 is 11.8 Å². The maximum Gasteiger partial charge on any atom is 0.335 e. The van der Waals surface area contributed by atoms with Gasteiger partial charge < -0.3 is 29.8 Å². The van der Waals surface area contributed by atoms with E-state index in [0.717, 1.165) is 5.56 Å². The molecular weight excluding hydrogens is 486 g/mol. The molecule has 11 nitrogen and oxygen atoms in total. The molecule has 3 aromatic rings. The summed E-state index contributed by atoms with van der Waals surface area (Å²) in [5.41, 5.74) is 1.40.